The third-order valence-corrected chi connectivity index (χ3v) is 2.39. The van der Waals surface area contributed by atoms with Crippen LogP contribution in [0.1, 0.15) is 18.1 Å². The first kappa shape index (κ1) is 11.8. The van der Waals surface area contributed by atoms with E-state index in [4.69, 9.17) is 14.7 Å². The normalized spacial score (nSPS) is 10.1. The summed E-state index contributed by atoms with van der Waals surface area (Å²) in [5.74, 6) is 1.58. The van der Waals surface area contributed by atoms with Crippen LogP contribution >= 0.6 is 0 Å². The molecule has 0 bridgehead atoms. The van der Waals surface area contributed by atoms with Crippen molar-refractivity contribution in [3.8, 4) is 11.5 Å². The first-order valence-corrected chi connectivity index (χ1v) is 4.88. The number of benzene rings is 1. The highest BCUT2D eigenvalue weighted by Crippen LogP contribution is 2.30. The standard InChI is InChI=1S/C11H17NO3/c1-4-8-9(7-12-13)11(15-3)6-5-10(8)14-2/h5-6,12-13H,4,7H2,1-3H3. The first-order chi connectivity index (χ1) is 7.28. The number of hydrogen-bond acceptors (Lipinski definition) is 4. The Labute approximate surface area is 89.8 Å². The summed E-state index contributed by atoms with van der Waals surface area (Å²) in [6, 6.07) is 3.71. The van der Waals surface area contributed by atoms with Gasteiger partial charge in [-0.3, -0.25) is 0 Å². The lowest BCUT2D eigenvalue weighted by Gasteiger charge is -2.15. The molecule has 1 rings (SSSR count). The van der Waals surface area contributed by atoms with Gasteiger partial charge in [-0.05, 0) is 18.6 Å². The van der Waals surface area contributed by atoms with Crippen molar-refractivity contribution in [2.75, 3.05) is 14.2 Å². The number of hydrogen-bond donors (Lipinski definition) is 2. The zero-order valence-electron chi connectivity index (χ0n) is 9.33. The number of methoxy groups -OCH3 is 2. The van der Waals surface area contributed by atoms with Gasteiger partial charge in [0.2, 0.25) is 0 Å². The van der Waals surface area contributed by atoms with Gasteiger partial charge in [-0.1, -0.05) is 6.92 Å². The molecule has 0 unspecified atom stereocenters. The summed E-state index contributed by atoms with van der Waals surface area (Å²) in [6.45, 7) is 2.39. The number of ether oxygens (including phenoxy) is 2. The van der Waals surface area contributed by atoms with Gasteiger partial charge in [0.1, 0.15) is 11.5 Å². The number of nitrogens with one attached hydrogen (secondary N) is 1. The Bertz CT molecular complexity index is 326. The molecule has 0 saturated carbocycles. The summed E-state index contributed by atoms with van der Waals surface area (Å²) in [5, 5.41) is 8.78. The lowest BCUT2D eigenvalue weighted by Crippen LogP contribution is -2.10. The summed E-state index contributed by atoms with van der Waals surface area (Å²) < 4.78 is 10.5. The zero-order valence-corrected chi connectivity index (χ0v) is 9.33. The second-order valence-corrected chi connectivity index (χ2v) is 3.12. The van der Waals surface area contributed by atoms with Gasteiger partial charge in [0, 0.05) is 17.7 Å². The summed E-state index contributed by atoms with van der Waals surface area (Å²) in [7, 11) is 3.25. The summed E-state index contributed by atoms with van der Waals surface area (Å²) >= 11 is 0. The maximum absolute atomic E-state index is 8.78. The van der Waals surface area contributed by atoms with E-state index in [0.29, 0.717) is 6.54 Å². The Hall–Kier alpha value is -1.26. The number of hydroxylamine groups is 1. The van der Waals surface area contributed by atoms with Gasteiger partial charge < -0.3 is 14.7 Å². The van der Waals surface area contributed by atoms with Crippen LogP contribution in [0.15, 0.2) is 12.1 Å². The van der Waals surface area contributed by atoms with Crippen molar-refractivity contribution in [3.63, 3.8) is 0 Å². The van der Waals surface area contributed by atoms with Crippen molar-refractivity contribution in [1.29, 1.82) is 0 Å². The third-order valence-electron chi connectivity index (χ3n) is 2.39. The van der Waals surface area contributed by atoms with E-state index < -0.39 is 0 Å². The van der Waals surface area contributed by atoms with Crippen molar-refractivity contribution < 1.29 is 14.7 Å². The molecule has 4 heteroatoms. The minimum atomic E-state index is 0.351. The van der Waals surface area contributed by atoms with Gasteiger partial charge in [0.05, 0.1) is 14.2 Å². The van der Waals surface area contributed by atoms with Gasteiger partial charge in [-0.25, -0.2) is 5.48 Å². The Morgan fingerprint density at radius 1 is 1.13 bits per heavy atom. The first-order valence-electron chi connectivity index (χ1n) is 4.88. The van der Waals surface area contributed by atoms with Crippen LogP contribution in [-0.2, 0) is 13.0 Å². The molecular formula is C11H17NO3. The van der Waals surface area contributed by atoms with Crippen molar-refractivity contribution in [1.82, 2.24) is 5.48 Å². The monoisotopic (exact) mass is 211 g/mol. The third kappa shape index (κ3) is 2.40. The van der Waals surface area contributed by atoms with Crippen molar-refractivity contribution in [2.24, 2.45) is 0 Å². The van der Waals surface area contributed by atoms with Gasteiger partial charge in [-0.2, -0.15) is 0 Å². The van der Waals surface area contributed by atoms with E-state index in [1.54, 1.807) is 14.2 Å². The average molecular weight is 211 g/mol. The molecule has 84 valence electrons. The van der Waals surface area contributed by atoms with Gasteiger partial charge in [0.15, 0.2) is 0 Å². The molecular weight excluding hydrogens is 194 g/mol. The minimum absolute atomic E-state index is 0.351. The molecule has 4 nitrogen and oxygen atoms in total. The Kier molecular flexibility index (Phi) is 4.39. The summed E-state index contributed by atoms with van der Waals surface area (Å²) in [5.41, 5.74) is 4.14. The van der Waals surface area contributed by atoms with Gasteiger partial charge >= 0.3 is 0 Å². The second kappa shape index (κ2) is 5.58. The van der Waals surface area contributed by atoms with Gasteiger partial charge in [0.25, 0.3) is 0 Å². The molecule has 15 heavy (non-hydrogen) atoms. The minimum Gasteiger partial charge on any atom is -0.496 e. The lowest BCUT2D eigenvalue weighted by atomic mass is 10.0. The Morgan fingerprint density at radius 3 is 2.07 bits per heavy atom. The lowest BCUT2D eigenvalue weighted by molar-refractivity contribution is 0.159. The predicted molar refractivity (Wildman–Crippen MR) is 57.6 cm³/mol. The molecule has 2 N–H and O–H groups in total. The summed E-state index contributed by atoms with van der Waals surface area (Å²) in [4.78, 5) is 0. The fourth-order valence-electron chi connectivity index (χ4n) is 1.69. The van der Waals surface area contributed by atoms with E-state index >= 15 is 0 Å². The average Bonchev–Trinajstić information content (AvgIpc) is 2.28. The van der Waals surface area contributed by atoms with Crippen LogP contribution in [0.2, 0.25) is 0 Å². The molecule has 0 radical (unpaired) electrons. The molecule has 0 aliphatic carbocycles. The van der Waals surface area contributed by atoms with Crippen LogP contribution in [0.5, 0.6) is 11.5 Å². The highest BCUT2D eigenvalue weighted by molar-refractivity contribution is 5.48. The number of rotatable bonds is 5. The van der Waals surface area contributed by atoms with Crippen molar-refractivity contribution >= 4 is 0 Å². The van der Waals surface area contributed by atoms with Crippen LogP contribution in [-0.4, -0.2) is 19.4 Å². The fourth-order valence-corrected chi connectivity index (χ4v) is 1.69. The van der Waals surface area contributed by atoms with E-state index in [-0.39, 0.29) is 0 Å². The smallest absolute Gasteiger partial charge is 0.123 e. The van der Waals surface area contributed by atoms with Crippen LogP contribution in [0, 0.1) is 0 Å². The van der Waals surface area contributed by atoms with E-state index in [2.05, 4.69) is 5.48 Å². The Balaban J connectivity index is 3.24. The SMILES string of the molecule is CCc1c(OC)ccc(OC)c1CNO. The van der Waals surface area contributed by atoms with Crippen LogP contribution in [0.25, 0.3) is 0 Å². The quantitative estimate of drug-likeness (QED) is 0.728. The highest BCUT2D eigenvalue weighted by atomic mass is 16.5. The Morgan fingerprint density at radius 2 is 1.67 bits per heavy atom. The highest BCUT2D eigenvalue weighted by Gasteiger charge is 2.12. The molecule has 0 spiro atoms. The predicted octanol–water partition coefficient (Wildman–Crippen LogP) is 1.75. The molecule has 0 fully saturated rings. The van der Waals surface area contributed by atoms with Crippen molar-refractivity contribution in [3.05, 3.63) is 23.3 Å². The molecule has 0 aliphatic rings. The van der Waals surface area contributed by atoms with Crippen LogP contribution in [0.4, 0.5) is 0 Å². The second-order valence-electron chi connectivity index (χ2n) is 3.12. The maximum atomic E-state index is 8.78. The molecule has 0 amide bonds. The largest absolute Gasteiger partial charge is 0.496 e. The molecule has 1 aromatic rings. The molecule has 0 aromatic heterocycles. The zero-order chi connectivity index (χ0) is 11.3. The molecule has 0 saturated heterocycles. The fraction of sp³-hybridized carbons (Fsp3) is 0.455. The molecule has 0 aliphatic heterocycles. The topological polar surface area (TPSA) is 50.7 Å². The van der Waals surface area contributed by atoms with E-state index in [1.807, 2.05) is 19.1 Å². The van der Waals surface area contributed by atoms with Gasteiger partial charge in [-0.15, -0.1) is 0 Å². The van der Waals surface area contributed by atoms with Crippen LogP contribution < -0.4 is 15.0 Å². The molecule has 1 aromatic carbocycles. The molecule has 0 atom stereocenters. The van der Waals surface area contributed by atoms with E-state index in [9.17, 15) is 0 Å². The maximum Gasteiger partial charge on any atom is 0.123 e. The van der Waals surface area contributed by atoms with Crippen molar-refractivity contribution in [2.45, 2.75) is 19.9 Å². The van der Waals surface area contributed by atoms with Crippen LogP contribution in [0.3, 0.4) is 0 Å². The molecule has 0 heterocycles. The van der Waals surface area contributed by atoms with E-state index in [0.717, 1.165) is 29.0 Å². The van der Waals surface area contributed by atoms with E-state index in [1.165, 1.54) is 0 Å². The summed E-state index contributed by atoms with van der Waals surface area (Å²) in [6.07, 6.45) is 0.831.